The number of nitrogens with zero attached hydrogens (tertiary/aromatic N) is 1. The molecule has 3 heteroatoms. The highest BCUT2D eigenvalue weighted by molar-refractivity contribution is 5.31. The van der Waals surface area contributed by atoms with Gasteiger partial charge in [0.05, 0.1) is 0 Å². The minimum Gasteiger partial charge on any atom is -0.508 e. The summed E-state index contributed by atoms with van der Waals surface area (Å²) >= 11 is 0. The maximum atomic E-state index is 9.64. The molecule has 1 aromatic carbocycles. The largest absolute Gasteiger partial charge is 0.508 e. The molecular weight excluding hydrogens is 212 g/mol. The van der Waals surface area contributed by atoms with Crippen LogP contribution in [0.25, 0.3) is 0 Å². The predicted molar refractivity (Wildman–Crippen MR) is 72.1 cm³/mol. The molecule has 0 radical (unpaired) electrons. The molecule has 0 fully saturated rings. The van der Waals surface area contributed by atoms with Gasteiger partial charge in [0.15, 0.2) is 0 Å². The molecule has 0 saturated heterocycles. The van der Waals surface area contributed by atoms with Gasteiger partial charge in [-0.05, 0) is 25.6 Å². The van der Waals surface area contributed by atoms with Crippen LogP contribution in [-0.2, 0) is 6.54 Å². The van der Waals surface area contributed by atoms with Gasteiger partial charge in [0.2, 0.25) is 0 Å². The van der Waals surface area contributed by atoms with Crippen molar-refractivity contribution in [3.63, 3.8) is 0 Å². The number of hydrogen-bond acceptors (Lipinski definition) is 3. The average Bonchev–Trinajstić information content (AvgIpc) is 2.18. The maximum absolute atomic E-state index is 9.64. The minimum atomic E-state index is 0.230. The SMILES string of the molecule is CN(C)CC(C)(C)CNCc1ccccc1O. The van der Waals surface area contributed by atoms with Gasteiger partial charge in [-0.1, -0.05) is 32.0 Å². The van der Waals surface area contributed by atoms with Crippen LogP contribution >= 0.6 is 0 Å². The van der Waals surface area contributed by atoms with Crippen molar-refractivity contribution in [3.8, 4) is 5.75 Å². The van der Waals surface area contributed by atoms with E-state index in [1.165, 1.54) is 0 Å². The number of phenolic OH excluding ortho intramolecular Hbond substituents is 1. The zero-order chi connectivity index (χ0) is 12.9. The predicted octanol–water partition coefficient (Wildman–Crippen LogP) is 2.07. The lowest BCUT2D eigenvalue weighted by atomic mass is 9.93. The summed E-state index contributed by atoms with van der Waals surface area (Å²) in [7, 11) is 4.18. The monoisotopic (exact) mass is 236 g/mol. The Morgan fingerprint density at radius 1 is 1.24 bits per heavy atom. The summed E-state index contributed by atoms with van der Waals surface area (Å²) in [5.74, 6) is 0.366. The molecule has 0 aliphatic heterocycles. The van der Waals surface area contributed by atoms with Gasteiger partial charge >= 0.3 is 0 Å². The molecule has 0 atom stereocenters. The Morgan fingerprint density at radius 3 is 2.47 bits per heavy atom. The Hall–Kier alpha value is -1.06. The Labute approximate surface area is 104 Å². The lowest BCUT2D eigenvalue weighted by molar-refractivity contribution is 0.232. The van der Waals surface area contributed by atoms with Gasteiger partial charge in [-0.25, -0.2) is 0 Å². The van der Waals surface area contributed by atoms with Crippen molar-refractivity contribution in [1.82, 2.24) is 10.2 Å². The van der Waals surface area contributed by atoms with Gasteiger partial charge in [-0.3, -0.25) is 0 Å². The number of para-hydroxylation sites is 1. The molecule has 0 spiro atoms. The first kappa shape index (κ1) is 14.0. The molecular formula is C14H24N2O. The second kappa shape index (κ2) is 6.03. The lowest BCUT2D eigenvalue weighted by Gasteiger charge is -2.28. The van der Waals surface area contributed by atoms with E-state index in [-0.39, 0.29) is 5.41 Å². The Kier molecular flexibility index (Phi) is 4.97. The molecule has 2 N–H and O–H groups in total. The van der Waals surface area contributed by atoms with Crippen molar-refractivity contribution in [2.24, 2.45) is 5.41 Å². The first-order chi connectivity index (χ1) is 7.91. The maximum Gasteiger partial charge on any atom is 0.120 e. The van der Waals surface area contributed by atoms with Crippen molar-refractivity contribution in [2.45, 2.75) is 20.4 Å². The number of benzene rings is 1. The zero-order valence-corrected chi connectivity index (χ0v) is 11.3. The van der Waals surface area contributed by atoms with Crippen LogP contribution in [0.15, 0.2) is 24.3 Å². The second-order valence-electron chi connectivity index (χ2n) is 5.63. The van der Waals surface area contributed by atoms with Crippen molar-refractivity contribution < 1.29 is 5.11 Å². The quantitative estimate of drug-likeness (QED) is 0.793. The van der Waals surface area contributed by atoms with Gasteiger partial charge < -0.3 is 15.3 Å². The topological polar surface area (TPSA) is 35.5 Å². The van der Waals surface area contributed by atoms with Crippen LogP contribution < -0.4 is 5.32 Å². The van der Waals surface area contributed by atoms with E-state index < -0.39 is 0 Å². The second-order valence-corrected chi connectivity index (χ2v) is 5.63. The number of aromatic hydroxyl groups is 1. The van der Waals surface area contributed by atoms with E-state index in [1.54, 1.807) is 6.07 Å². The molecule has 1 rings (SSSR count). The van der Waals surface area contributed by atoms with E-state index in [0.29, 0.717) is 12.3 Å². The molecule has 0 unspecified atom stereocenters. The molecule has 1 aromatic rings. The molecule has 3 nitrogen and oxygen atoms in total. The van der Waals surface area contributed by atoms with E-state index in [2.05, 4.69) is 38.2 Å². The summed E-state index contributed by atoms with van der Waals surface area (Å²) in [6, 6.07) is 7.46. The van der Waals surface area contributed by atoms with Gasteiger partial charge in [-0.15, -0.1) is 0 Å². The summed E-state index contributed by atoms with van der Waals surface area (Å²) in [5, 5.41) is 13.0. The summed E-state index contributed by atoms with van der Waals surface area (Å²) < 4.78 is 0. The normalized spacial score (nSPS) is 12.1. The molecule has 0 aromatic heterocycles. The molecule has 0 heterocycles. The van der Waals surface area contributed by atoms with Crippen molar-refractivity contribution in [2.75, 3.05) is 27.2 Å². The van der Waals surface area contributed by atoms with Gasteiger partial charge in [0.25, 0.3) is 0 Å². The van der Waals surface area contributed by atoms with Crippen LogP contribution in [0.3, 0.4) is 0 Å². The minimum absolute atomic E-state index is 0.230. The summed E-state index contributed by atoms with van der Waals surface area (Å²) in [4.78, 5) is 2.20. The third-order valence-electron chi connectivity index (χ3n) is 2.65. The van der Waals surface area contributed by atoms with Crippen LogP contribution in [0.1, 0.15) is 19.4 Å². The first-order valence-corrected chi connectivity index (χ1v) is 6.03. The lowest BCUT2D eigenvalue weighted by Crippen LogP contribution is -2.37. The van der Waals surface area contributed by atoms with Crippen LogP contribution in [0.5, 0.6) is 5.75 Å². The van der Waals surface area contributed by atoms with Crippen LogP contribution in [0.2, 0.25) is 0 Å². The standard InChI is InChI=1S/C14H24N2O/c1-14(2,11-16(3)4)10-15-9-12-7-5-6-8-13(12)17/h5-8,15,17H,9-11H2,1-4H3. The number of nitrogens with one attached hydrogen (secondary N) is 1. The number of rotatable bonds is 6. The van der Waals surface area contributed by atoms with E-state index in [0.717, 1.165) is 18.7 Å². The van der Waals surface area contributed by atoms with Crippen LogP contribution in [0, 0.1) is 5.41 Å². The van der Waals surface area contributed by atoms with Gasteiger partial charge in [0, 0.05) is 25.2 Å². The van der Waals surface area contributed by atoms with Crippen molar-refractivity contribution in [3.05, 3.63) is 29.8 Å². The van der Waals surface area contributed by atoms with Gasteiger partial charge in [0.1, 0.15) is 5.75 Å². The number of hydrogen-bond donors (Lipinski definition) is 2. The summed E-state index contributed by atoms with van der Waals surface area (Å²) in [6.45, 7) is 7.17. The molecule has 0 aliphatic rings. The van der Waals surface area contributed by atoms with E-state index in [9.17, 15) is 5.11 Å². The molecule has 0 amide bonds. The smallest absolute Gasteiger partial charge is 0.120 e. The summed E-state index contributed by atoms with van der Waals surface area (Å²) in [5.41, 5.74) is 1.18. The third kappa shape index (κ3) is 5.20. The fraction of sp³-hybridized carbons (Fsp3) is 0.571. The van der Waals surface area contributed by atoms with Gasteiger partial charge in [-0.2, -0.15) is 0 Å². The van der Waals surface area contributed by atoms with E-state index in [1.807, 2.05) is 18.2 Å². The van der Waals surface area contributed by atoms with Crippen LogP contribution in [-0.4, -0.2) is 37.2 Å². The highest BCUT2D eigenvalue weighted by atomic mass is 16.3. The average molecular weight is 236 g/mol. The molecule has 0 aliphatic carbocycles. The first-order valence-electron chi connectivity index (χ1n) is 6.03. The summed E-state index contributed by atoms with van der Waals surface area (Å²) in [6.07, 6.45) is 0. The highest BCUT2D eigenvalue weighted by Crippen LogP contribution is 2.17. The fourth-order valence-electron chi connectivity index (χ4n) is 2.11. The molecule has 0 bridgehead atoms. The zero-order valence-electron chi connectivity index (χ0n) is 11.3. The van der Waals surface area contributed by atoms with Crippen LogP contribution in [0.4, 0.5) is 0 Å². The number of phenols is 1. The Bertz CT molecular complexity index is 348. The fourth-order valence-corrected chi connectivity index (χ4v) is 2.11. The Morgan fingerprint density at radius 2 is 1.88 bits per heavy atom. The Balaban J connectivity index is 2.40. The molecule has 17 heavy (non-hydrogen) atoms. The van der Waals surface area contributed by atoms with Crippen molar-refractivity contribution >= 4 is 0 Å². The molecule has 96 valence electrons. The van der Waals surface area contributed by atoms with E-state index in [4.69, 9.17) is 0 Å². The molecule has 0 saturated carbocycles. The van der Waals surface area contributed by atoms with E-state index >= 15 is 0 Å². The van der Waals surface area contributed by atoms with Crippen molar-refractivity contribution in [1.29, 1.82) is 0 Å². The third-order valence-corrected chi connectivity index (χ3v) is 2.65. The highest BCUT2D eigenvalue weighted by Gasteiger charge is 2.18.